The molecule has 1 aliphatic carbocycles. The molecule has 160 valence electrons. The third kappa shape index (κ3) is 4.53. The van der Waals surface area contributed by atoms with Gasteiger partial charge in [0.2, 0.25) is 5.91 Å². The van der Waals surface area contributed by atoms with Crippen LogP contribution in [0.3, 0.4) is 0 Å². The lowest BCUT2D eigenvalue weighted by Gasteiger charge is -2.10. The molecule has 1 fully saturated rings. The van der Waals surface area contributed by atoms with E-state index in [0.29, 0.717) is 17.3 Å². The molecule has 0 atom stereocenters. The molecule has 1 aliphatic rings. The Labute approximate surface area is 190 Å². The van der Waals surface area contributed by atoms with Gasteiger partial charge in [-0.05, 0) is 55.3 Å². The van der Waals surface area contributed by atoms with Crippen molar-refractivity contribution in [2.45, 2.75) is 24.0 Å². The number of amides is 2. The number of imidazole rings is 1. The van der Waals surface area contributed by atoms with Crippen molar-refractivity contribution in [1.29, 1.82) is 0 Å². The van der Waals surface area contributed by atoms with Crippen molar-refractivity contribution in [3.8, 4) is 5.69 Å². The molecular weight excluding hydrogens is 420 g/mol. The van der Waals surface area contributed by atoms with Crippen LogP contribution in [-0.2, 0) is 4.79 Å². The van der Waals surface area contributed by atoms with Crippen molar-refractivity contribution >= 4 is 40.3 Å². The highest BCUT2D eigenvalue weighted by molar-refractivity contribution is 7.99. The van der Waals surface area contributed by atoms with E-state index in [0.717, 1.165) is 34.7 Å². The molecule has 0 spiro atoms. The number of thioether (sulfide) groups is 1. The van der Waals surface area contributed by atoms with Crippen LogP contribution in [0.15, 0.2) is 84.0 Å². The Morgan fingerprint density at radius 2 is 1.75 bits per heavy atom. The highest BCUT2D eigenvalue weighted by atomic mass is 32.2. The molecule has 0 radical (unpaired) electrons. The number of para-hydroxylation sites is 3. The van der Waals surface area contributed by atoms with E-state index in [9.17, 15) is 9.59 Å². The highest BCUT2D eigenvalue weighted by Gasteiger charge is 2.24. The second kappa shape index (κ2) is 8.88. The minimum atomic E-state index is -0.151. The number of carbonyl (C=O) groups is 2. The van der Waals surface area contributed by atoms with E-state index >= 15 is 0 Å². The number of aromatic nitrogens is 2. The third-order valence-electron chi connectivity index (χ3n) is 5.20. The van der Waals surface area contributed by atoms with E-state index in [4.69, 9.17) is 4.98 Å². The van der Waals surface area contributed by atoms with Gasteiger partial charge in [0.05, 0.1) is 16.8 Å². The molecule has 2 amide bonds. The van der Waals surface area contributed by atoms with Crippen molar-refractivity contribution in [2.24, 2.45) is 0 Å². The maximum Gasteiger partial charge on any atom is 0.251 e. The lowest BCUT2D eigenvalue weighted by Crippen LogP contribution is -2.25. The number of anilines is 1. The van der Waals surface area contributed by atoms with Crippen LogP contribution in [0.1, 0.15) is 23.2 Å². The Morgan fingerprint density at radius 3 is 2.56 bits per heavy atom. The minimum Gasteiger partial charge on any atom is -0.349 e. The summed E-state index contributed by atoms with van der Waals surface area (Å²) in [5.41, 5.74) is 4.03. The van der Waals surface area contributed by atoms with Gasteiger partial charge < -0.3 is 10.6 Å². The maximum absolute atomic E-state index is 12.6. The van der Waals surface area contributed by atoms with Gasteiger partial charge in [0.25, 0.3) is 5.91 Å². The number of hydrogen-bond acceptors (Lipinski definition) is 4. The van der Waals surface area contributed by atoms with Crippen molar-refractivity contribution in [1.82, 2.24) is 14.9 Å². The van der Waals surface area contributed by atoms with Gasteiger partial charge in [-0.25, -0.2) is 4.98 Å². The molecule has 6 nitrogen and oxygen atoms in total. The fourth-order valence-electron chi connectivity index (χ4n) is 3.49. The van der Waals surface area contributed by atoms with Gasteiger partial charge in [-0.2, -0.15) is 0 Å². The molecule has 0 saturated heterocycles. The SMILES string of the molecule is O=C(CSc1nc2ccccc2n1-c1ccccc1)Nc1cccc(C(=O)NC2CC2)c1. The third-order valence-corrected chi connectivity index (χ3v) is 6.14. The van der Waals surface area contributed by atoms with Gasteiger partial charge in [0.1, 0.15) is 0 Å². The smallest absolute Gasteiger partial charge is 0.251 e. The Bertz CT molecular complexity index is 1280. The summed E-state index contributed by atoms with van der Waals surface area (Å²) < 4.78 is 2.07. The first-order valence-corrected chi connectivity index (χ1v) is 11.5. The number of fused-ring (bicyclic) bond motifs is 1. The van der Waals surface area contributed by atoms with Crippen LogP contribution in [0.5, 0.6) is 0 Å². The van der Waals surface area contributed by atoms with E-state index in [-0.39, 0.29) is 17.6 Å². The quantitative estimate of drug-likeness (QED) is 0.409. The van der Waals surface area contributed by atoms with Crippen LogP contribution < -0.4 is 10.6 Å². The number of rotatable bonds is 7. The lowest BCUT2D eigenvalue weighted by atomic mass is 10.2. The van der Waals surface area contributed by atoms with Gasteiger partial charge in [-0.3, -0.25) is 14.2 Å². The zero-order valence-corrected chi connectivity index (χ0v) is 18.1. The monoisotopic (exact) mass is 442 g/mol. The van der Waals surface area contributed by atoms with E-state index < -0.39 is 0 Å². The normalized spacial score (nSPS) is 13.1. The highest BCUT2D eigenvalue weighted by Crippen LogP contribution is 2.28. The van der Waals surface area contributed by atoms with Crippen molar-refractivity contribution < 1.29 is 9.59 Å². The van der Waals surface area contributed by atoms with Gasteiger partial charge in [-0.15, -0.1) is 0 Å². The Balaban J connectivity index is 1.30. The van der Waals surface area contributed by atoms with E-state index in [2.05, 4.69) is 15.2 Å². The summed E-state index contributed by atoms with van der Waals surface area (Å²) in [6.45, 7) is 0. The molecule has 7 heteroatoms. The van der Waals surface area contributed by atoms with Gasteiger partial charge in [0, 0.05) is 23.0 Å². The standard InChI is InChI=1S/C25H22N4O2S/c30-23(26-19-8-6-7-17(15-19)24(31)27-18-13-14-18)16-32-25-28-21-11-4-5-12-22(21)29(25)20-9-2-1-3-10-20/h1-12,15,18H,13-14,16H2,(H,26,30)(H,27,31). The molecule has 0 aliphatic heterocycles. The van der Waals surface area contributed by atoms with E-state index in [1.54, 1.807) is 24.3 Å². The van der Waals surface area contributed by atoms with E-state index in [1.165, 1.54) is 11.8 Å². The van der Waals surface area contributed by atoms with Crippen molar-refractivity contribution in [3.63, 3.8) is 0 Å². The number of nitrogens with zero attached hydrogens (tertiary/aromatic N) is 2. The van der Waals surface area contributed by atoms with Crippen LogP contribution in [0.25, 0.3) is 16.7 Å². The first-order chi connectivity index (χ1) is 15.7. The summed E-state index contributed by atoms with van der Waals surface area (Å²) in [6, 6.07) is 25.2. The van der Waals surface area contributed by atoms with Crippen LogP contribution in [0.4, 0.5) is 5.69 Å². The van der Waals surface area contributed by atoms with Crippen molar-refractivity contribution in [3.05, 3.63) is 84.4 Å². The first-order valence-electron chi connectivity index (χ1n) is 10.5. The largest absolute Gasteiger partial charge is 0.349 e. The Hall–Kier alpha value is -3.58. The molecule has 5 rings (SSSR count). The topological polar surface area (TPSA) is 76.0 Å². The average molecular weight is 443 g/mol. The van der Waals surface area contributed by atoms with Crippen LogP contribution in [0.2, 0.25) is 0 Å². The molecule has 1 aromatic heterocycles. The maximum atomic E-state index is 12.6. The summed E-state index contributed by atoms with van der Waals surface area (Å²) in [6.07, 6.45) is 2.07. The minimum absolute atomic E-state index is 0.102. The summed E-state index contributed by atoms with van der Waals surface area (Å²) in [5, 5.41) is 6.61. The fourth-order valence-corrected chi connectivity index (χ4v) is 4.32. The summed E-state index contributed by atoms with van der Waals surface area (Å²) >= 11 is 1.38. The van der Waals surface area contributed by atoms with Gasteiger partial charge >= 0.3 is 0 Å². The molecule has 0 unspecified atom stereocenters. The number of nitrogens with one attached hydrogen (secondary N) is 2. The number of hydrogen-bond donors (Lipinski definition) is 2. The zero-order valence-electron chi connectivity index (χ0n) is 17.3. The van der Waals surface area contributed by atoms with Crippen molar-refractivity contribution in [2.75, 3.05) is 11.1 Å². The Kier molecular flexibility index (Phi) is 5.64. The van der Waals surface area contributed by atoms with Crippen LogP contribution in [0, 0.1) is 0 Å². The van der Waals surface area contributed by atoms with Crippen LogP contribution >= 0.6 is 11.8 Å². The molecule has 1 saturated carbocycles. The second-order valence-corrected chi connectivity index (χ2v) is 8.66. The zero-order chi connectivity index (χ0) is 21.9. The summed E-state index contributed by atoms with van der Waals surface area (Å²) in [7, 11) is 0. The predicted molar refractivity (Wildman–Crippen MR) is 127 cm³/mol. The second-order valence-electron chi connectivity index (χ2n) is 7.72. The van der Waals surface area contributed by atoms with Crippen LogP contribution in [-0.4, -0.2) is 33.2 Å². The molecule has 32 heavy (non-hydrogen) atoms. The summed E-state index contributed by atoms with van der Waals surface area (Å²) in [5.74, 6) is -0.0507. The number of carbonyl (C=O) groups excluding carboxylic acids is 2. The average Bonchev–Trinajstić information content (AvgIpc) is 3.55. The van der Waals surface area contributed by atoms with E-state index in [1.807, 2.05) is 54.6 Å². The lowest BCUT2D eigenvalue weighted by molar-refractivity contribution is -0.113. The Morgan fingerprint density at radius 1 is 0.969 bits per heavy atom. The molecule has 2 N–H and O–H groups in total. The fraction of sp³-hybridized carbons (Fsp3) is 0.160. The molecular formula is C25H22N4O2S. The molecule has 1 heterocycles. The predicted octanol–water partition coefficient (Wildman–Crippen LogP) is 4.65. The molecule has 4 aromatic rings. The van der Waals surface area contributed by atoms with Gasteiger partial charge in [-0.1, -0.05) is 48.2 Å². The number of benzene rings is 3. The molecule has 0 bridgehead atoms. The first kappa shape index (κ1) is 20.3. The van der Waals surface area contributed by atoms with Gasteiger partial charge in [0.15, 0.2) is 5.16 Å². The molecule has 3 aromatic carbocycles. The summed E-state index contributed by atoms with van der Waals surface area (Å²) in [4.78, 5) is 29.6.